The molecule has 136 valence electrons. The van der Waals surface area contributed by atoms with E-state index in [0.717, 1.165) is 34.4 Å². The number of halogens is 2. The molecule has 27 heavy (non-hydrogen) atoms. The number of aromatic amines is 1. The van der Waals surface area contributed by atoms with Gasteiger partial charge in [-0.15, -0.1) is 11.3 Å². The van der Waals surface area contributed by atoms with Gasteiger partial charge in [-0.05, 0) is 18.2 Å². The third-order valence-corrected chi connectivity index (χ3v) is 4.72. The molecular formula is C18H12F2N4O2S. The van der Waals surface area contributed by atoms with E-state index >= 15 is 0 Å². The summed E-state index contributed by atoms with van der Waals surface area (Å²) in [5, 5.41) is 15.4. The van der Waals surface area contributed by atoms with Gasteiger partial charge in [-0.25, -0.2) is 18.7 Å². The first kappa shape index (κ1) is 17.3. The maximum Gasteiger partial charge on any atom is 0.259 e. The molecule has 9 heteroatoms. The molecular weight excluding hydrogens is 374 g/mol. The lowest BCUT2D eigenvalue weighted by atomic mass is 10.1. The second-order valence-electron chi connectivity index (χ2n) is 5.70. The number of benzene rings is 1. The van der Waals surface area contributed by atoms with Crippen LogP contribution in [-0.4, -0.2) is 26.0 Å². The molecule has 3 aromatic heterocycles. The van der Waals surface area contributed by atoms with E-state index in [4.69, 9.17) is 0 Å². The molecule has 1 amide bonds. The molecule has 0 bridgehead atoms. The molecule has 0 saturated heterocycles. The normalized spacial score (nSPS) is 12.3. The van der Waals surface area contributed by atoms with Crippen molar-refractivity contribution in [2.45, 2.75) is 6.10 Å². The van der Waals surface area contributed by atoms with Gasteiger partial charge < -0.3 is 10.1 Å². The van der Waals surface area contributed by atoms with Crippen LogP contribution >= 0.6 is 11.3 Å². The van der Waals surface area contributed by atoms with Gasteiger partial charge in [0.1, 0.15) is 17.3 Å². The lowest BCUT2D eigenvalue weighted by Crippen LogP contribution is -2.21. The summed E-state index contributed by atoms with van der Waals surface area (Å²) in [5.41, 5.74) is 1.85. The average molecular weight is 386 g/mol. The first-order chi connectivity index (χ1) is 13.0. The van der Waals surface area contributed by atoms with Crippen molar-refractivity contribution >= 4 is 33.4 Å². The van der Waals surface area contributed by atoms with Crippen molar-refractivity contribution in [3.63, 3.8) is 0 Å². The smallest absolute Gasteiger partial charge is 0.259 e. The molecule has 3 heterocycles. The van der Waals surface area contributed by atoms with Gasteiger partial charge in [0.15, 0.2) is 11.2 Å². The summed E-state index contributed by atoms with van der Waals surface area (Å²) in [6.07, 6.45) is 1.65. The summed E-state index contributed by atoms with van der Waals surface area (Å²) in [5.74, 6) is -2.65. The van der Waals surface area contributed by atoms with E-state index in [-0.39, 0.29) is 10.7 Å². The molecule has 1 unspecified atom stereocenters. The third kappa shape index (κ3) is 3.29. The molecule has 1 atom stereocenters. The van der Waals surface area contributed by atoms with E-state index in [1.165, 1.54) is 0 Å². The van der Waals surface area contributed by atoms with Crippen molar-refractivity contribution in [1.29, 1.82) is 0 Å². The van der Waals surface area contributed by atoms with Crippen LogP contribution in [0.5, 0.6) is 0 Å². The Kier molecular flexibility index (Phi) is 4.38. The molecule has 4 rings (SSSR count). The number of hydrogen-bond donors (Lipinski definition) is 3. The fraction of sp³-hybridized carbons (Fsp3) is 0.0556. The van der Waals surface area contributed by atoms with Gasteiger partial charge in [0.25, 0.3) is 5.91 Å². The lowest BCUT2D eigenvalue weighted by Gasteiger charge is -2.11. The Labute approximate surface area is 155 Å². The highest BCUT2D eigenvalue weighted by Gasteiger charge is 2.22. The summed E-state index contributed by atoms with van der Waals surface area (Å²) in [4.78, 5) is 23.8. The predicted octanol–water partition coefficient (Wildman–Crippen LogP) is 3.64. The molecule has 1 aromatic carbocycles. The zero-order valence-electron chi connectivity index (χ0n) is 13.6. The Bertz CT molecular complexity index is 1140. The number of H-pyrrole nitrogens is 1. The van der Waals surface area contributed by atoms with Crippen LogP contribution < -0.4 is 5.32 Å². The number of aliphatic hydroxyl groups is 1. The zero-order valence-corrected chi connectivity index (χ0v) is 14.4. The standard InChI is InChI=1S/C18H12F2N4O2S/c19-9-3-4-11(13(20)6-9)15(25)17(26)24-18-23-14(8-27-18)12-7-22-16-10(12)2-1-5-21-16/h1-8,15,25H,(H,21,22)(H,23,24,26). The molecule has 0 radical (unpaired) electrons. The molecule has 0 aliphatic rings. The number of pyridine rings is 1. The second kappa shape index (κ2) is 6.86. The molecule has 0 fully saturated rings. The van der Waals surface area contributed by atoms with Crippen molar-refractivity contribution < 1.29 is 18.7 Å². The van der Waals surface area contributed by atoms with Gasteiger partial charge in [0, 0.05) is 40.4 Å². The topological polar surface area (TPSA) is 90.9 Å². The first-order valence-corrected chi connectivity index (χ1v) is 8.73. The number of thiazole rings is 1. The lowest BCUT2D eigenvalue weighted by molar-refractivity contribution is -0.124. The van der Waals surface area contributed by atoms with E-state index in [0.29, 0.717) is 17.4 Å². The summed E-state index contributed by atoms with van der Waals surface area (Å²) in [6, 6.07) is 6.32. The number of aliphatic hydroxyl groups excluding tert-OH is 1. The van der Waals surface area contributed by atoms with Gasteiger partial charge in [0.2, 0.25) is 0 Å². The van der Waals surface area contributed by atoms with Crippen LogP contribution in [0, 0.1) is 11.6 Å². The van der Waals surface area contributed by atoms with Crippen molar-refractivity contribution in [3.05, 3.63) is 65.3 Å². The summed E-state index contributed by atoms with van der Waals surface area (Å²) < 4.78 is 26.7. The van der Waals surface area contributed by atoms with Crippen LogP contribution in [-0.2, 0) is 4.79 Å². The van der Waals surface area contributed by atoms with Crippen LogP contribution in [0.4, 0.5) is 13.9 Å². The highest BCUT2D eigenvalue weighted by molar-refractivity contribution is 7.14. The molecule has 4 aromatic rings. The van der Waals surface area contributed by atoms with Crippen LogP contribution in [0.3, 0.4) is 0 Å². The Hall–Kier alpha value is -3.17. The van der Waals surface area contributed by atoms with Crippen molar-refractivity contribution in [2.24, 2.45) is 0 Å². The number of fused-ring (bicyclic) bond motifs is 1. The minimum absolute atomic E-state index is 0.245. The van der Waals surface area contributed by atoms with E-state index < -0.39 is 23.6 Å². The summed E-state index contributed by atoms with van der Waals surface area (Å²) in [6.45, 7) is 0. The highest BCUT2D eigenvalue weighted by atomic mass is 32.1. The summed E-state index contributed by atoms with van der Waals surface area (Å²) >= 11 is 1.16. The van der Waals surface area contributed by atoms with Crippen LogP contribution in [0.25, 0.3) is 22.3 Å². The van der Waals surface area contributed by atoms with Gasteiger partial charge in [-0.1, -0.05) is 6.07 Å². The molecule has 0 aliphatic heterocycles. The fourth-order valence-electron chi connectivity index (χ4n) is 2.66. The number of anilines is 1. The maximum absolute atomic E-state index is 13.7. The van der Waals surface area contributed by atoms with Gasteiger partial charge in [-0.3, -0.25) is 10.1 Å². The zero-order chi connectivity index (χ0) is 19.0. The molecule has 0 aliphatic carbocycles. The number of nitrogens with one attached hydrogen (secondary N) is 2. The van der Waals surface area contributed by atoms with E-state index in [9.17, 15) is 18.7 Å². The molecule has 0 saturated carbocycles. The number of aromatic nitrogens is 3. The predicted molar refractivity (Wildman–Crippen MR) is 97.1 cm³/mol. The van der Waals surface area contributed by atoms with Crippen LogP contribution in [0.15, 0.2) is 48.1 Å². The van der Waals surface area contributed by atoms with E-state index in [1.54, 1.807) is 17.8 Å². The number of rotatable bonds is 4. The third-order valence-electron chi connectivity index (χ3n) is 3.97. The van der Waals surface area contributed by atoms with E-state index in [2.05, 4.69) is 20.3 Å². The Morgan fingerprint density at radius 1 is 1.30 bits per heavy atom. The van der Waals surface area contributed by atoms with Crippen molar-refractivity contribution in [1.82, 2.24) is 15.0 Å². The van der Waals surface area contributed by atoms with Gasteiger partial charge >= 0.3 is 0 Å². The Balaban J connectivity index is 1.54. The molecule has 3 N–H and O–H groups in total. The van der Waals surface area contributed by atoms with E-state index in [1.807, 2.05) is 12.1 Å². The van der Waals surface area contributed by atoms with Crippen LogP contribution in [0.2, 0.25) is 0 Å². The number of amides is 1. The van der Waals surface area contributed by atoms with Crippen LogP contribution in [0.1, 0.15) is 11.7 Å². The largest absolute Gasteiger partial charge is 0.378 e. The fourth-order valence-corrected chi connectivity index (χ4v) is 3.37. The Morgan fingerprint density at radius 2 is 2.15 bits per heavy atom. The average Bonchev–Trinajstić information content (AvgIpc) is 3.27. The minimum Gasteiger partial charge on any atom is -0.378 e. The number of hydrogen-bond acceptors (Lipinski definition) is 5. The van der Waals surface area contributed by atoms with Crippen molar-refractivity contribution in [2.75, 3.05) is 5.32 Å². The minimum atomic E-state index is -1.78. The first-order valence-electron chi connectivity index (χ1n) is 7.85. The second-order valence-corrected chi connectivity index (χ2v) is 6.56. The number of carbonyl (C=O) groups is 1. The maximum atomic E-state index is 13.7. The monoisotopic (exact) mass is 386 g/mol. The molecule has 6 nitrogen and oxygen atoms in total. The summed E-state index contributed by atoms with van der Waals surface area (Å²) in [7, 11) is 0. The highest BCUT2D eigenvalue weighted by Crippen LogP contribution is 2.30. The Morgan fingerprint density at radius 3 is 2.96 bits per heavy atom. The number of carbonyl (C=O) groups excluding carboxylic acids is 1. The quantitative estimate of drug-likeness (QED) is 0.499. The molecule has 0 spiro atoms. The SMILES string of the molecule is O=C(Nc1nc(-c2c[nH]c3ncccc23)cs1)C(O)c1ccc(F)cc1F. The number of nitrogens with zero attached hydrogens (tertiary/aromatic N) is 2. The van der Waals surface area contributed by atoms with Gasteiger partial charge in [-0.2, -0.15) is 0 Å². The van der Waals surface area contributed by atoms with Crippen molar-refractivity contribution in [3.8, 4) is 11.3 Å². The van der Waals surface area contributed by atoms with Gasteiger partial charge in [0.05, 0.1) is 5.69 Å².